The number of aliphatic imine (C=N–C) groups is 1. The van der Waals surface area contributed by atoms with Crippen LogP contribution >= 0.6 is 23.1 Å². The Labute approximate surface area is 147 Å². The molecule has 0 spiro atoms. The standard InChI is InChI=1S/C15H17N5O2S2/c1-9-13(23-7-17-9)2-3-22-12-5-10(4-11(16)6-12)14(21)19-15-20-18-8-24-15/h4-9,13H,2-3,16H2,1H3,(H,19,20,21). The summed E-state index contributed by atoms with van der Waals surface area (Å²) in [5, 5.41) is 11.0. The zero-order valence-corrected chi connectivity index (χ0v) is 14.6. The van der Waals surface area contributed by atoms with E-state index >= 15 is 0 Å². The molecule has 3 N–H and O–H groups in total. The fraction of sp³-hybridized carbons (Fsp3) is 0.333. The first-order valence-electron chi connectivity index (χ1n) is 7.40. The molecule has 7 nitrogen and oxygen atoms in total. The van der Waals surface area contributed by atoms with Crippen LogP contribution in [0.15, 0.2) is 28.7 Å². The van der Waals surface area contributed by atoms with Gasteiger partial charge < -0.3 is 10.5 Å². The van der Waals surface area contributed by atoms with E-state index in [0.29, 0.717) is 40.0 Å². The van der Waals surface area contributed by atoms with Crippen LogP contribution < -0.4 is 15.8 Å². The number of carbonyl (C=O) groups is 1. The molecule has 24 heavy (non-hydrogen) atoms. The van der Waals surface area contributed by atoms with Crippen molar-refractivity contribution >= 4 is 45.4 Å². The third-order valence-corrected chi connectivity index (χ3v) is 5.34. The number of thioether (sulfide) groups is 1. The average Bonchev–Trinajstić information content (AvgIpc) is 3.19. The Hall–Kier alpha value is -2.13. The highest BCUT2D eigenvalue weighted by atomic mass is 32.2. The Bertz CT molecular complexity index is 735. The first kappa shape index (κ1) is 16.7. The predicted octanol–water partition coefficient (Wildman–Crippen LogP) is 2.67. The maximum atomic E-state index is 12.2. The molecular weight excluding hydrogens is 346 g/mol. The van der Waals surface area contributed by atoms with Gasteiger partial charge in [0.25, 0.3) is 5.91 Å². The summed E-state index contributed by atoms with van der Waals surface area (Å²) >= 11 is 2.98. The second kappa shape index (κ2) is 7.63. The quantitative estimate of drug-likeness (QED) is 0.765. The molecule has 9 heteroatoms. The highest BCUT2D eigenvalue weighted by molar-refractivity contribution is 8.12. The molecule has 1 aromatic heterocycles. The van der Waals surface area contributed by atoms with E-state index in [1.165, 1.54) is 11.3 Å². The molecule has 0 saturated carbocycles. The number of ether oxygens (including phenoxy) is 1. The minimum atomic E-state index is -0.294. The topological polar surface area (TPSA) is 102 Å². The number of hydrogen-bond acceptors (Lipinski definition) is 8. The highest BCUT2D eigenvalue weighted by Gasteiger charge is 2.20. The summed E-state index contributed by atoms with van der Waals surface area (Å²) in [5.74, 6) is 0.284. The van der Waals surface area contributed by atoms with Crippen molar-refractivity contribution in [2.75, 3.05) is 17.7 Å². The van der Waals surface area contributed by atoms with Gasteiger partial charge in [-0.2, -0.15) is 0 Å². The molecule has 3 rings (SSSR count). The number of anilines is 2. The van der Waals surface area contributed by atoms with Gasteiger partial charge in [-0.05, 0) is 25.5 Å². The lowest BCUT2D eigenvalue weighted by molar-refractivity contribution is 0.102. The Morgan fingerprint density at radius 1 is 1.42 bits per heavy atom. The number of nitrogens with two attached hydrogens (primary N) is 1. The number of aromatic nitrogens is 2. The molecule has 2 aromatic rings. The second-order valence-corrected chi connectivity index (χ2v) is 7.22. The summed E-state index contributed by atoms with van der Waals surface area (Å²) in [6.07, 6.45) is 0.882. The monoisotopic (exact) mass is 363 g/mol. The van der Waals surface area contributed by atoms with Gasteiger partial charge in [-0.25, -0.2) is 0 Å². The molecule has 1 aliphatic rings. The number of nitrogen functional groups attached to an aromatic ring is 1. The fourth-order valence-electron chi connectivity index (χ4n) is 2.25. The van der Waals surface area contributed by atoms with Crippen LogP contribution in [0.1, 0.15) is 23.7 Å². The fourth-order valence-corrected chi connectivity index (χ4v) is 3.64. The number of hydrogen-bond donors (Lipinski definition) is 2. The largest absolute Gasteiger partial charge is 0.493 e. The molecule has 1 aliphatic heterocycles. The molecule has 0 saturated heterocycles. The van der Waals surface area contributed by atoms with Crippen LogP contribution in [0.25, 0.3) is 0 Å². The average molecular weight is 363 g/mol. The molecular formula is C15H17N5O2S2. The van der Waals surface area contributed by atoms with E-state index < -0.39 is 0 Å². The van der Waals surface area contributed by atoms with E-state index in [2.05, 4.69) is 27.4 Å². The second-order valence-electron chi connectivity index (χ2n) is 5.30. The van der Waals surface area contributed by atoms with Crippen LogP contribution in [0.4, 0.5) is 10.8 Å². The number of carbonyl (C=O) groups excluding carboxylic acids is 1. The number of benzene rings is 1. The number of nitrogens with one attached hydrogen (secondary N) is 1. The Morgan fingerprint density at radius 2 is 2.29 bits per heavy atom. The predicted molar refractivity (Wildman–Crippen MR) is 98.2 cm³/mol. The van der Waals surface area contributed by atoms with E-state index in [1.807, 2.05) is 5.55 Å². The van der Waals surface area contributed by atoms with Crippen LogP contribution in [0.3, 0.4) is 0 Å². The molecule has 1 aromatic carbocycles. The highest BCUT2D eigenvalue weighted by Crippen LogP contribution is 2.26. The van der Waals surface area contributed by atoms with E-state index in [9.17, 15) is 4.79 Å². The van der Waals surface area contributed by atoms with E-state index in [1.54, 1.807) is 35.5 Å². The van der Waals surface area contributed by atoms with Crippen LogP contribution in [0, 0.1) is 0 Å². The van der Waals surface area contributed by atoms with Crippen molar-refractivity contribution in [2.45, 2.75) is 24.6 Å². The molecule has 0 aliphatic carbocycles. The van der Waals surface area contributed by atoms with Gasteiger partial charge in [-0.1, -0.05) is 11.3 Å². The summed E-state index contributed by atoms with van der Waals surface area (Å²) in [7, 11) is 0. The molecule has 2 unspecified atom stereocenters. The summed E-state index contributed by atoms with van der Waals surface area (Å²) in [4.78, 5) is 16.6. The third kappa shape index (κ3) is 4.24. The summed E-state index contributed by atoms with van der Waals surface area (Å²) in [6.45, 7) is 2.64. The molecule has 2 heterocycles. The smallest absolute Gasteiger partial charge is 0.257 e. The first-order chi connectivity index (χ1) is 11.6. The van der Waals surface area contributed by atoms with Gasteiger partial charge >= 0.3 is 0 Å². The molecule has 0 bridgehead atoms. The van der Waals surface area contributed by atoms with Crippen molar-refractivity contribution in [1.82, 2.24) is 10.2 Å². The maximum Gasteiger partial charge on any atom is 0.257 e. The van der Waals surface area contributed by atoms with Gasteiger partial charge in [0.05, 0.1) is 18.2 Å². The minimum absolute atomic E-state index is 0.294. The van der Waals surface area contributed by atoms with Crippen molar-refractivity contribution in [3.8, 4) is 5.75 Å². The van der Waals surface area contributed by atoms with Crippen molar-refractivity contribution in [3.63, 3.8) is 0 Å². The third-order valence-electron chi connectivity index (χ3n) is 3.51. The molecule has 1 amide bonds. The van der Waals surface area contributed by atoms with Crippen LogP contribution in [-0.2, 0) is 0 Å². The van der Waals surface area contributed by atoms with Gasteiger partial charge in [0.15, 0.2) is 0 Å². The zero-order chi connectivity index (χ0) is 16.9. The van der Waals surface area contributed by atoms with Gasteiger partial charge in [-0.15, -0.1) is 22.0 Å². The summed E-state index contributed by atoms with van der Waals surface area (Å²) < 4.78 is 5.77. The normalized spacial score (nSPS) is 19.4. The lowest BCUT2D eigenvalue weighted by atomic mass is 10.1. The van der Waals surface area contributed by atoms with Crippen LogP contribution in [0.5, 0.6) is 5.75 Å². The van der Waals surface area contributed by atoms with Crippen molar-refractivity contribution in [1.29, 1.82) is 0 Å². The van der Waals surface area contributed by atoms with Crippen molar-refractivity contribution in [2.24, 2.45) is 4.99 Å². The van der Waals surface area contributed by atoms with E-state index in [4.69, 9.17) is 10.5 Å². The van der Waals surface area contributed by atoms with E-state index in [-0.39, 0.29) is 5.91 Å². The number of amides is 1. The summed E-state index contributed by atoms with van der Waals surface area (Å²) in [5.41, 5.74) is 10.2. The number of rotatable bonds is 6. The molecule has 0 fully saturated rings. The molecule has 2 atom stereocenters. The lowest BCUT2D eigenvalue weighted by Gasteiger charge is -2.14. The zero-order valence-electron chi connectivity index (χ0n) is 13.0. The maximum absolute atomic E-state index is 12.2. The SMILES string of the molecule is CC1N=CSC1CCOc1cc(N)cc(C(=O)Nc2nncs2)c1. The number of nitrogens with zero attached hydrogens (tertiary/aromatic N) is 3. The Morgan fingerprint density at radius 3 is 3.00 bits per heavy atom. The van der Waals surface area contributed by atoms with Gasteiger partial charge in [0.1, 0.15) is 11.3 Å². The van der Waals surface area contributed by atoms with E-state index in [0.717, 1.165) is 6.42 Å². The van der Waals surface area contributed by atoms with Gasteiger partial charge in [-0.3, -0.25) is 15.1 Å². The summed E-state index contributed by atoms with van der Waals surface area (Å²) in [6, 6.07) is 5.30. The Balaban J connectivity index is 1.59. The minimum Gasteiger partial charge on any atom is -0.493 e. The molecule has 0 radical (unpaired) electrons. The molecule has 126 valence electrons. The van der Waals surface area contributed by atoms with Crippen LogP contribution in [0.2, 0.25) is 0 Å². The van der Waals surface area contributed by atoms with Crippen molar-refractivity contribution in [3.05, 3.63) is 29.3 Å². The van der Waals surface area contributed by atoms with Gasteiger partial charge in [0.2, 0.25) is 5.13 Å². The van der Waals surface area contributed by atoms with Gasteiger partial charge in [0, 0.05) is 22.6 Å². The first-order valence-corrected chi connectivity index (χ1v) is 9.22. The lowest BCUT2D eigenvalue weighted by Crippen LogP contribution is -2.17. The van der Waals surface area contributed by atoms with Crippen molar-refractivity contribution < 1.29 is 9.53 Å². The van der Waals surface area contributed by atoms with Crippen LogP contribution in [-0.4, -0.2) is 39.5 Å². The Kier molecular flexibility index (Phi) is 5.31.